The molecule has 0 aromatic carbocycles. The van der Waals surface area contributed by atoms with E-state index >= 15 is 0 Å². The van der Waals surface area contributed by atoms with Gasteiger partial charge >= 0.3 is 5.97 Å². The van der Waals surface area contributed by atoms with Crippen LogP contribution in [0.2, 0.25) is 0 Å². The summed E-state index contributed by atoms with van der Waals surface area (Å²) in [7, 11) is 1.57. The van der Waals surface area contributed by atoms with Crippen LogP contribution in [-0.4, -0.2) is 31.6 Å². The molecule has 4 nitrogen and oxygen atoms in total. The van der Waals surface area contributed by atoms with Crippen LogP contribution in [0.1, 0.15) is 85.5 Å². The molecule has 32 heavy (non-hydrogen) atoms. The number of fused-ring (bicyclic) bond motifs is 7. The number of rotatable bonds is 1. The summed E-state index contributed by atoms with van der Waals surface area (Å²) >= 11 is 0. The molecule has 0 unspecified atom stereocenters. The first-order valence-electron chi connectivity index (χ1n) is 13.6. The van der Waals surface area contributed by atoms with Gasteiger partial charge in [-0.25, -0.2) is 0 Å². The molecule has 6 fully saturated rings. The van der Waals surface area contributed by atoms with E-state index in [2.05, 4.69) is 27.7 Å². The molecule has 1 spiro atoms. The molecule has 2 saturated heterocycles. The lowest BCUT2D eigenvalue weighted by Crippen LogP contribution is -2.53. The van der Waals surface area contributed by atoms with E-state index in [1.165, 1.54) is 44.9 Å². The van der Waals surface area contributed by atoms with E-state index in [0.717, 1.165) is 37.2 Å². The largest absolute Gasteiger partial charge is 0.469 e. The summed E-state index contributed by atoms with van der Waals surface area (Å²) in [4.78, 5) is 12.5. The molecule has 4 heteroatoms. The maximum Gasteiger partial charge on any atom is 0.308 e. The number of ether oxygens (including phenoxy) is 3. The quantitative estimate of drug-likeness (QED) is 0.477. The number of esters is 1. The number of carbonyl (C=O) groups is 1. The maximum atomic E-state index is 12.5. The summed E-state index contributed by atoms with van der Waals surface area (Å²) in [6, 6.07) is 0. The summed E-state index contributed by atoms with van der Waals surface area (Å²) in [5.41, 5.74) is 0.696. The van der Waals surface area contributed by atoms with Crippen molar-refractivity contribution in [3.05, 3.63) is 0 Å². The third kappa shape index (κ3) is 2.72. The second-order valence-electron chi connectivity index (χ2n) is 13.3. The van der Waals surface area contributed by atoms with Gasteiger partial charge in [-0.15, -0.1) is 0 Å². The Morgan fingerprint density at radius 1 is 0.906 bits per heavy atom. The molecule has 6 aliphatic rings. The summed E-state index contributed by atoms with van der Waals surface area (Å²) < 4.78 is 18.6. The Balaban J connectivity index is 1.25. The highest BCUT2D eigenvalue weighted by Crippen LogP contribution is 2.72. The Kier molecular flexibility index (Phi) is 4.92. The zero-order valence-corrected chi connectivity index (χ0v) is 20.9. The summed E-state index contributed by atoms with van der Waals surface area (Å²) in [5.74, 6) is 4.53. The fourth-order valence-corrected chi connectivity index (χ4v) is 10.6. The van der Waals surface area contributed by atoms with Gasteiger partial charge in [-0.05, 0) is 97.7 Å². The van der Waals surface area contributed by atoms with Crippen molar-refractivity contribution in [1.82, 2.24) is 0 Å². The van der Waals surface area contributed by atoms with Crippen LogP contribution < -0.4 is 0 Å². The number of carbonyl (C=O) groups excluding carboxylic acids is 1. The van der Waals surface area contributed by atoms with Gasteiger partial charge in [-0.1, -0.05) is 27.7 Å². The van der Waals surface area contributed by atoms with E-state index in [-0.39, 0.29) is 17.7 Å². The molecule has 0 bridgehead atoms. The van der Waals surface area contributed by atoms with Crippen LogP contribution >= 0.6 is 0 Å². The predicted molar refractivity (Wildman–Crippen MR) is 123 cm³/mol. The van der Waals surface area contributed by atoms with Crippen LogP contribution in [0.3, 0.4) is 0 Å². The van der Waals surface area contributed by atoms with Crippen LogP contribution in [-0.2, 0) is 19.0 Å². The molecule has 0 N–H and O–H groups in total. The standard InChI is InChI=1S/C28H44O4/c1-16-8-13-28(31-15-16)17(2)24-23(32-28)14-22-18-6-7-20-19(25(29)30-5)9-11-26(20,3)21(18)10-12-27(22,24)4/h16-24H,6-15H2,1-5H3/t16-,17-,18+,19-,20+,21-,22-,23-,24-,26-,27-,28+/m0/s1. The Labute approximate surface area is 194 Å². The second kappa shape index (κ2) is 7.20. The molecular formula is C28H44O4. The molecule has 2 heterocycles. The molecule has 2 aliphatic heterocycles. The number of methoxy groups -OCH3 is 1. The highest BCUT2D eigenvalue weighted by Gasteiger charge is 2.69. The highest BCUT2D eigenvalue weighted by atomic mass is 16.7. The molecule has 0 radical (unpaired) electrons. The van der Waals surface area contributed by atoms with E-state index in [9.17, 15) is 4.79 Å². The normalized spacial score (nSPS) is 58.7. The van der Waals surface area contributed by atoms with E-state index in [0.29, 0.717) is 40.6 Å². The van der Waals surface area contributed by atoms with Crippen LogP contribution in [0.5, 0.6) is 0 Å². The lowest BCUT2D eigenvalue weighted by molar-refractivity contribution is -0.273. The molecule has 0 amide bonds. The van der Waals surface area contributed by atoms with E-state index in [4.69, 9.17) is 14.2 Å². The fourth-order valence-electron chi connectivity index (χ4n) is 10.6. The van der Waals surface area contributed by atoms with Gasteiger partial charge in [0, 0.05) is 12.3 Å². The van der Waals surface area contributed by atoms with Crippen LogP contribution in [0, 0.1) is 58.2 Å². The highest BCUT2D eigenvalue weighted by molar-refractivity contribution is 5.73. The van der Waals surface area contributed by atoms with Crippen molar-refractivity contribution in [2.75, 3.05) is 13.7 Å². The van der Waals surface area contributed by atoms with E-state index < -0.39 is 0 Å². The Hall–Kier alpha value is -0.610. The summed E-state index contributed by atoms with van der Waals surface area (Å²) in [5, 5.41) is 0. The monoisotopic (exact) mass is 444 g/mol. The Morgan fingerprint density at radius 2 is 1.69 bits per heavy atom. The van der Waals surface area contributed by atoms with Crippen LogP contribution in [0.4, 0.5) is 0 Å². The first-order valence-corrected chi connectivity index (χ1v) is 13.6. The first-order chi connectivity index (χ1) is 15.2. The lowest BCUT2D eigenvalue weighted by Gasteiger charge is -2.58. The van der Waals surface area contributed by atoms with Gasteiger partial charge in [-0.2, -0.15) is 0 Å². The average molecular weight is 445 g/mol. The molecule has 0 aromatic heterocycles. The van der Waals surface area contributed by atoms with Gasteiger partial charge in [0.1, 0.15) is 0 Å². The molecule has 12 atom stereocenters. The lowest BCUT2D eigenvalue weighted by atomic mass is 9.46. The van der Waals surface area contributed by atoms with Gasteiger partial charge in [0.2, 0.25) is 0 Å². The van der Waals surface area contributed by atoms with E-state index in [1.807, 2.05) is 0 Å². The van der Waals surface area contributed by atoms with Gasteiger partial charge in [-0.3, -0.25) is 4.79 Å². The predicted octanol–water partition coefficient (Wildman–Crippen LogP) is 5.83. The van der Waals surface area contributed by atoms with Crippen molar-refractivity contribution < 1.29 is 19.0 Å². The van der Waals surface area contributed by atoms with Gasteiger partial charge in [0.15, 0.2) is 5.79 Å². The van der Waals surface area contributed by atoms with Crippen LogP contribution in [0.15, 0.2) is 0 Å². The van der Waals surface area contributed by atoms with Crippen molar-refractivity contribution in [2.24, 2.45) is 58.2 Å². The van der Waals surface area contributed by atoms with Crippen molar-refractivity contribution in [1.29, 1.82) is 0 Å². The minimum atomic E-state index is -0.310. The average Bonchev–Trinajstić information content (AvgIpc) is 3.37. The minimum Gasteiger partial charge on any atom is -0.469 e. The Morgan fingerprint density at radius 3 is 2.41 bits per heavy atom. The minimum absolute atomic E-state index is 0.0440. The van der Waals surface area contributed by atoms with Gasteiger partial charge < -0.3 is 14.2 Å². The molecule has 4 saturated carbocycles. The summed E-state index contributed by atoms with van der Waals surface area (Å²) in [6.07, 6.45) is 11.3. The molecule has 4 aliphatic carbocycles. The van der Waals surface area contributed by atoms with Crippen molar-refractivity contribution in [3.63, 3.8) is 0 Å². The van der Waals surface area contributed by atoms with Crippen molar-refractivity contribution in [2.45, 2.75) is 97.4 Å². The first kappa shape index (κ1) is 21.9. The fraction of sp³-hybridized carbons (Fsp3) is 0.964. The van der Waals surface area contributed by atoms with Crippen molar-refractivity contribution >= 4 is 5.97 Å². The molecular weight excluding hydrogens is 400 g/mol. The van der Waals surface area contributed by atoms with Gasteiger partial charge in [0.05, 0.1) is 25.7 Å². The third-order valence-electron chi connectivity index (χ3n) is 12.2. The summed E-state index contributed by atoms with van der Waals surface area (Å²) in [6.45, 7) is 10.7. The van der Waals surface area contributed by atoms with E-state index in [1.54, 1.807) is 7.11 Å². The molecule has 180 valence electrons. The zero-order chi connectivity index (χ0) is 22.5. The molecule has 6 rings (SSSR count). The Bertz CT molecular complexity index is 771. The number of hydrogen-bond donors (Lipinski definition) is 0. The topological polar surface area (TPSA) is 44.8 Å². The van der Waals surface area contributed by atoms with Gasteiger partial charge in [0.25, 0.3) is 0 Å². The maximum absolute atomic E-state index is 12.5. The van der Waals surface area contributed by atoms with Crippen molar-refractivity contribution in [3.8, 4) is 0 Å². The number of hydrogen-bond acceptors (Lipinski definition) is 4. The SMILES string of the molecule is COC(=O)[C@H]1CC[C@@]2(C)[C@@H]1CC[C@@H]1[C@@H]2CC[C@]2(C)[C@@H]3[C@H](C[C@@H]12)O[C@]1(CC[C@H](C)CO1)[C@H]3C. The third-order valence-corrected chi connectivity index (χ3v) is 12.2. The zero-order valence-electron chi connectivity index (χ0n) is 20.9. The van der Waals surface area contributed by atoms with Crippen LogP contribution in [0.25, 0.3) is 0 Å². The second-order valence-corrected chi connectivity index (χ2v) is 13.3. The molecule has 0 aromatic rings. The smallest absolute Gasteiger partial charge is 0.308 e.